The van der Waals surface area contributed by atoms with Gasteiger partial charge in [0.1, 0.15) is 5.60 Å². The normalized spacial score (nSPS) is 14.6. The lowest BCUT2D eigenvalue weighted by molar-refractivity contribution is -0.157. The van der Waals surface area contributed by atoms with Crippen LogP contribution in [0.25, 0.3) is 0 Å². The van der Waals surface area contributed by atoms with Gasteiger partial charge in [0.25, 0.3) is 0 Å². The van der Waals surface area contributed by atoms with Crippen LogP contribution in [0.5, 0.6) is 0 Å². The predicted molar refractivity (Wildman–Crippen MR) is 131 cm³/mol. The van der Waals surface area contributed by atoms with E-state index in [1.165, 1.54) is 5.56 Å². The number of nitrogens with zero attached hydrogens (tertiary/aromatic N) is 1. The van der Waals surface area contributed by atoms with E-state index >= 15 is 0 Å². The lowest BCUT2D eigenvalue weighted by Gasteiger charge is -2.39. The Kier molecular flexibility index (Phi) is 10.1. The molecule has 2 rings (SSSR count). The Labute approximate surface area is 194 Å². The summed E-state index contributed by atoms with van der Waals surface area (Å²) < 4.78 is 11.7. The van der Waals surface area contributed by atoms with Crippen LogP contribution in [0.3, 0.4) is 0 Å². The molecule has 3 atom stereocenters. The molecule has 0 N–H and O–H groups in total. The minimum absolute atomic E-state index is 0.0474. The molecular formula is C28H39NO3. The highest BCUT2D eigenvalue weighted by Crippen LogP contribution is 2.28. The molecule has 174 valence electrons. The Morgan fingerprint density at radius 1 is 1.03 bits per heavy atom. The van der Waals surface area contributed by atoms with Crippen molar-refractivity contribution in [1.29, 1.82) is 0 Å². The van der Waals surface area contributed by atoms with Crippen molar-refractivity contribution in [3.8, 4) is 0 Å². The third-order valence-corrected chi connectivity index (χ3v) is 5.49. The van der Waals surface area contributed by atoms with Gasteiger partial charge in [0, 0.05) is 18.6 Å². The lowest BCUT2D eigenvalue weighted by Crippen LogP contribution is -2.45. The molecule has 0 spiro atoms. The highest BCUT2D eigenvalue weighted by molar-refractivity contribution is 5.70. The van der Waals surface area contributed by atoms with Crippen molar-refractivity contribution >= 4 is 5.97 Å². The Morgan fingerprint density at radius 2 is 1.62 bits per heavy atom. The van der Waals surface area contributed by atoms with E-state index in [0.29, 0.717) is 26.2 Å². The summed E-state index contributed by atoms with van der Waals surface area (Å²) in [5.74, 6) is -0.0657. The molecule has 0 amide bonds. The third kappa shape index (κ3) is 8.60. The van der Waals surface area contributed by atoms with E-state index in [2.05, 4.69) is 49.6 Å². The number of ether oxygens (including phenoxy) is 2. The van der Waals surface area contributed by atoms with Crippen molar-refractivity contribution < 1.29 is 14.3 Å². The zero-order chi connectivity index (χ0) is 23.6. The monoisotopic (exact) mass is 437 g/mol. The van der Waals surface area contributed by atoms with Crippen LogP contribution < -0.4 is 0 Å². The first kappa shape index (κ1) is 25.8. The topological polar surface area (TPSA) is 38.8 Å². The molecule has 0 aromatic heterocycles. The van der Waals surface area contributed by atoms with Crippen LogP contribution in [0.1, 0.15) is 58.2 Å². The molecule has 4 heteroatoms. The summed E-state index contributed by atoms with van der Waals surface area (Å²) >= 11 is 0. The molecule has 0 heterocycles. The lowest BCUT2D eigenvalue weighted by atomic mass is 9.94. The molecule has 4 nitrogen and oxygen atoms in total. The summed E-state index contributed by atoms with van der Waals surface area (Å²) in [5.41, 5.74) is 1.84. The molecular weight excluding hydrogens is 398 g/mol. The number of hydrogen-bond acceptors (Lipinski definition) is 4. The molecule has 0 saturated carbocycles. The first-order valence-electron chi connectivity index (χ1n) is 11.5. The van der Waals surface area contributed by atoms with Crippen LogP contribution in [0.2, 0.25) is 0 Å². The fraction of sp³-hybridized carbons (Fsp3) is 0.464. The van der Waals surface area contributed by atoms with Crippen LogP contribution in [0.15, 0.2) is 73.3 Å². The Balaban J connectivity index is 2.19. The maximum Gasteiger partial charge on any atom is 0.307 e. The molecule has 0 aliphatic carbocycles. The second-order valence-electron chi connectivity index (χ2n) is 9.41. The first-order chi connectivity index (χ1) is 15.2. The minimum Gasteiger partial charge on any atom is -0.460 e. The van der Waals surface area contributed by atoms with Gasteiger partial charge in [0.05, 0.1) is 19.6 Å². The zero-order valence-electron chi connectivity index (χ0n) is 20.3. The molecule has 2 aromatic carbocycles. The Morgan fingerprint density at radius 3 is 2.19 bits per heavy atom. The van der Waals surface area contributed by atoms with Gasteiger partial charge in [-0.1, -0.05) is 73.7 Å². The smallest absolute Gasteiger partial charge is 0.307 e. The highest BCUT2D eigenvalue weighted by Gasteiger charge is 2.32. The number of carbonyl (C=O) groups excluding carboxylic acids is 1. The second kappa shape index (κ2) is 12.6. The van der Waals surface area contributed by atoms with Crippen molar-refractivity contribution in [2.45, 2.75) is 65.3 Å². The van der Waals surface area contributed by atoms with Gasteiger partial charge >= 0.3 is 5.97 Å². The first-order valence-corrected chi connectivity index (χ1v) is 11.5. The summed E-state index contributed by atoms with van der Waals surface area (Å²) in [7, 11) is 0. The van der Waals surface area contributed by atoms with Gasteiger partial charge in [-0.25, -0.2) is 0 Å². The van der Waals surface area contributed by atoms with E-state index < -0.39 is 5.60 Å². The SMILES string of the molecule is C=CCN([C@H](C)c1ccccc1)[C@@H](CC(=O)OC(C)(C)C)[C@@H](C)COCc1ccccc1. The van der Waals surface area contributed by atoms with Crippen LogP contribution in [0, 0.1) is 5.92 Å². The Bertz CT molecular complexity index is 814. The van der Waals surface area contributed by atoms with Crippen LogP contribution >= 0.6 is 0 Å². The quantitative estimate of drug-likeness (QED) is 0.293. The second-order valence-corrected chi connectivity index (χ2v) is 9.41. The summed E-state index contributed by atoms with van der Waals surface area (Å²) in [5, 5.41) is 0. The fourth-order valence-electron chi connectivity index (χ4n) is 3.90. The van der Waals surface area contributed by atoms with Crippen LogP contribution in [-0.2, 0) is 20.9 Å². The average Bonchev–Trinajstić information content (AvgIpc) is 2.75. The number of carbonyl (C=O) groups is 1. The zero-order valence-corrected chi connectivity index (χ0v) is 20.3. The summed E-state index contributed by atoms with van der Waals surface area (Å²) in [6.07, 6.45) is 2.21. The van der Waals surface area contributed by atoms with E-state index in [0.717, 1.165) is 5.56 Å². The van der Waals surface area contributed by atoms with Crippen molar-refractivity contribution in [2.75, 3.05) is 13.2 Å². The molecule has 0 radical (unpaired) electrons. The summed E-state index contributed by atoms with van der Waals surface area (Å²) in [4.78, 5) is 15.2. The van der Waals surface area contributed by atoms with Crippen molar-refractivity contribution in [2.24, 2.45) is 5.92 Å². The molecule has 2 aromatic rings. The van der Waals surface area contributed by atoms with Crippen LogP contribution in [-0.4, -0.2) is 35.7 Å². The molecule has 0 fully saturated rings. The van der Waals surface area contributed by atoms with Gasteiger partial charge < -0.3 is 9.47 Å². The van der Waals surface area contributed by atoms with Crippen molar-refractivity contribution in [3.05, 3.63) is 84.4 Å². The molecule has 32 heavy (non-hydrogen) atoms. The molecule has 0 unspecified atom stereocenters. The van der Waals surface area contributed by atoms with Gasteiger partial charge in [0.15, 0.2) is 0 Å². The fourth-order valence-corrected chi connectivity index (χ4v) is 3.90. The number of esters is 1. The average molecular weight is 438 g/mol. The number of rotatable bonds is 12. The number of hydrogen-bond donors (Lipinski definition) is 0. The van der Waals surface area contributed by atoms with Crippen LogP contribution in [0.4, 0.5) is 0 Å². The largest absolute Gasteiger partial charge is 0.460 e. The highest BCUT2D eigenvalue weighted by atomic mass is 16.6. The third-order valence-electron chi connectivity index (χ3n) is 5.49. The van der Waals surface area contributed by atoms with Gasteiger partial charge in [-0.15, -0.1) is 6.58 Å². The molecule has 0 aliphatic rings. The standard InChI is InChI=1S/C28H39NO3/c1-7-18-29(23(3)25-16-12-9-13-17-25)26(19-27(30)32-28(4,5)6)22(2)20-31-21-24-14-10-8-11-15-24/h7-17,22-23,26H,1,18-21H2,2-6H3/t22-,23+,26-/m0/s1. The molecule has 0 saturated heterocycles. The maximum atomic E-state index is 12.8. The van der Waals surface area contributed by atoms with Crippen molar-refractivity contribution in [3.63, 3.8) is 0 Å². The van der Waals surface area contributed by atoms with E-state index in [-0.39, 0.29) is 24.0 Å². The molecule has 0 aliphatic heterocycles. The predicted octanol–water partition coefficient (Wildman–Crippen LogP) is 6.19. The van der Waals surface area contributed by atoms with E-state index in [9.17, 15) is 4.79 Å². The summed E-state index contributed by atoms with van der Waals surface area (Å²) in [6, 6.07) is 20.6. The Hall–Kier alpha value is -2.43. The molecule has 0 bridgehead atoms. The van der Waals surface area contributed by atoms with Gasteiger partial charge in [-0.05, 0) is 44.7 Å². The van der Waals surface area contributed by atoms with Gasteiger partial charge in [-0.3, -0.25) is 9.69 Å². The number of benzene rings is 2. The van der Waals surface area contributed by atoms with Gasteiger partial charge in [0.2, 0.25) is 0 Å². The van der Waals surface area contributed by atoms with Gasteiger partial charge in [-0.2, -0.15) is 0 Å². The van der Waals surface area contributed by atoms with Crippen molar-refractivity contribution in [1.82, 2.24) is 4.90 Å². The maximum absolute atomic E-state index is 12.8. The minimum atomic E-state index is -0.511. The summed E-state index contributed by atoms with van der Waals surface area (Å²) in [6.45, 7) is 15.8. The van der Waals surface area contributed by atoms with E-state index in [1.807, 2.05) is 63.2 Å². The van der Waals surface area contributed by atoms with E-state index in [4.69, 9.17) is 9.47 Å². The van der Waals surface area contributed by atoms with E-state index in [1.54, 1.807) is 0 Å².